The van der Waals surface area contributed by atoms with Gasteiger partial charge in [0.2, 0.25) is 0 Å². The Morgan fingerprint density at radius 2 is 2.17 bits per heavy atom. The average molecular weight is 516 g/mol. The topological polar surface area (TPSA) is 75.6 Å². The van der Waals surface area contributed by atoms with Crippen molar-refractivity contribution in [2.45, 2.75) is 38.3 Å². The highest BCUT2D eigenvalue weighted by atomic mass is 35.5. The first-order valence-electron chi connectivity index (χ1n) is 11.5. The van der Waals surface area contributed by atoms with E-state index in [1.54, 1.807) is 31.5 Å². The lowest BCUT2D eigenvalue weighted by atomic mass is 9.71. The maximum atomic E-state index is 15.7. The Hall–Kier alpha value is -2.73. The number of hydrogen-bond acceptors (Lipinski definition) is 6. The number of likely N-dealkylation sites (tertiary alicyclic amines) is 1. The quantitative estimate of drug-likeness (QED) is 0.385. The maximum Gasteiger partial charge on any atom is 0.303 e. The number of thiazole rings is 1. The van der Waals surface area contributed by atoms with Gasteiger partial charge in [-0.05, 0) is 68.3 Å². The molecule has 1 fully saturated rings. The van der Waals surface area contributed by atoms with Crippen LogP contribution in [0, 0.1) is 17.3 Å². The minimum absolute atomic E-state index is 0.0248. The standard InChI is InChI=1S/C26H27ClFN3O3S/c1-34-18-4-5-22-19(15-18)25(20(27)17-30-22)21(28)6-7-26(16-24(32)33)8-12-31(13-9-26)11-2-3-23-29-10-14-35-23/h4-5,10,14-15,17,21H,6-9,11-13,16H2,1H3,(H,32,33). The Labute approximate surface area is 213 Å². The van der Waals surface area contributed by atoms with Crippen molar-refractivity contribution >= 4 is 39.8 Å². The minimum Gasteiger partial charge on any atom is -0.497 e. The minimum atomic E-state index is -1.34. The van der Waals surface area contributed by atoms with Gasteiger partial charge in [0.25, 0.3) is 0 Å². The summed E-state index contributed by atoms with van der Waals surface area (Å²) in [5, 5.41) is 13.1. The zero-order valence-corrected chi connectivity index (χ0v) is 21.0. The van der Waals surface area contributed by atoms with E-state index in [1.165, 1.54) is 17.5 Å². The molecule has 1 aliphatic heterocycles. The molecule has 1 saturated heterocycles. The number of fused-ring (bicyclic) bond motifs is 1. The molecular weight excluding hydrogens is 489 g/mol. The molecule has 9 heteroatoms. The number of pyridine rings is 1. The number of rotatable bonds is 8. The number of carbonyl (C=O) groups is 1. The predicted octanol–water partition coefficient (Wildman–Crippen LogP) is 5.75. The molecule has 0 saturated carbocycles. The molecule has 3 aromatic rings. The number of benzene rings is 1. The summed E-state index contributed by atoms with van der Waals surface area (Å²) in [6.45, 7) is 2.06. The van der Waals surface area contributed by atoms with Crippen LogP contribution in [0.1, 0.15) is 48.8 Å². The van der Waals surface area contributed by atoms with Crippen LogP contribution in [0.5, 0.6) is 5.75 Å². The number of hydrogen-bond donors (Lipinski definition) is 1. The second-order valence-electron chi connectivity index (χ2n) is 8.89. The van der Waals surface area contributed by atoms with E-state index in [9.17, 15) is 9.90 Å². The number of carboxylic acid groups (broad SMARTS) is 1. The number of methoxy groups -OCH3 is 1. The van der Waals surface area contributed by atoms with Crippen molar-refractivity contribution in [3.63, 3.8) is 0 Å². The van der Waals surface area contributed by atoms with E-state index in [0.29, 0.717) is 48.0 Å². The molecule has 4 rings (SSSR count). The molecule has 0 radical (unpaired) electrons. The van der Waals surface area contributed by atoms with E-state index in [2.05, 4.69) is 26.7 Å². The van der Waals surface area contributed by atoms with Crippen molar-refractivity contribution in [1.82, 2.24) is 14.9 Å². The number of aliphatic carboxylic acids is 1. The molecule has 6 nitrogen and oxygen atoms in total. The van der Waals surface area contributed by atoms with Crippen LogP contribution in [0.2, 0.25) is 5.02 Å². The number of nitrogens with zero attached hydrogens (tertiary/aromatic N) is 3. The van der Waals surface area contributed by atoms with Gasteiger partial charge in [0.15, 0.2) is 5.01 Å². The van der Waals surface area contributed by atoms with Crippen LogP contribution in [-0.2, 0) is 4.79 Å². The molecule has 1 unspecified atom stereocenters. The van der Waals surface area contributed by atoms with Crippen molar-refractivity contribution in [2.75, 3.05) is 26.7 Å². The molecule has 1 aromatic carbocycles. The number of alkyl halides is 1. The normalized spacial score (nSPS) is 16.4. The van der Waals surface area contributed by atoms with Gasteiger partial charge in [-0.3, -0.25) is 14.7 Å². The first-order valence-corrected chi connectivity index (χ1v) is 12.7. The van der Waals surface area contributed by atoms with Crippen LogP contribution in [0.25, 0.3) is 10.9 Å². The lowest BCUT2D eigenvalue weighted by Crippen LogP contribution is -2.41. The molecular formula is C26H27ClFN3O3S. The van der Waals surface area contributed by atoms with Crippen molar-refractivity contribution in [1.29, 1.82) is 0 Å². The van der Waals surface area contributed by atoms with E-state index in [0.717, 1.165) is 18.1 Å². The van der Waals surface area contributed by atoms with Gasteiger partial charge in [0.05, 0.1) is 30.6 Å². The summed E-state index contributed by atoms with van der Waals surface area (Å²) in [6.07, 6.45) is 3.90. The number of ether oxygens (including phenoxy) is 1. The summed E-state index contributed by atoms with van der Waals surface area (Å²) in [6, 6.07) is 5.30. The number of carboxylic acids is 1. The van der Waals surface area contributed by atoms with Crippen molar-refractivity contribution in [2.24, 2.45) is 5.41 Å². The Morgan fingerprint density at radius 3 is 2.86 bits per heavy atom. The largest absolute Gasteiger partial charge is 0.497 e. The van der Waals surface area contributed by atoms with Crippen LogP contribution >= 0.6 is 22.9 Å². The zero-order chi connectivity index (χ0) is 24.8. The molecule has 3 heterocycles. The number of halogens is 2. The molecule has 1 N–H and O–H groups in total. The summed E-state index contributed by atoms with van der Waals surface area (Å²) >= 11 is 7.88. The molecule has 0 aliphatic carbocycles. The number of piperidine rings is 1. The molecule has 1 aliphatic rings. The molecule has 0 spiro atoms. The fraction of sp³-hybridized carbons (Fsp3) is 0.423. The van der Waals surface area contributed by atoms with Crippen molar-refractivity contribution < 1.29 is 19.0 Å². The van der Waals surface area contributed by atoms with Gasteiger partial charge in [-0.25, -0.2) is 9.37 Å². The zero-order valence-electron chi connectivity index (χ0n) is 19.5. The molecule has 0 amide bonds. The monoisotopic (exact) mass is 515 g/mol. The lowest BCUT2D eigenvalue weighted by Gasteiger charge is -2.41. The van der Waals surface area contributed by atoms with E-state index in [-0.39, 0.29) is 17.9 Å². The Kier molecular flexibility index (Phi) is 8.22. The van der Waals surface area contributed by atoms with Gasteiger partial charge in [-0.15, -0.1) is 11.3 Å². The van der Waals surface area contributed by atoms with E-state index in [1.807, 2.05) is 5.38 Å². The summed E-state index contributed by atoms with van der Waals surface area (Å²) in [4.78, 5) is 22.4. The Balaban J connectivity index is 1.44. The summed E-state index contributed by atoms with van der Waals surface area (Å²) < 4.78 is 21.0. The van der Waals surface area contributed by atoms with Gasteiger partial charge < -0.3 is 9.84 Å². The first-order chi connectivity index (χ1) is 16.9. The second kappa shape index (κ2) is 11.3. The predicted molar refractivity (Wildman–Crippen MR) is 136 cm³/mol. The third kappa shape index (κ3) is 6.29. The highest BCUT2D eigenvalue weighted by molar-refractivity contribution is 7.10. The van der Waals surface area contributed by atoms with Crippen LogP contribution in [0.3, 0.4) is 0 Å². The van der Waals surface area contributed by atoms with Gasteiger partial charge in [-0.2, -0.15) is 0 Å². The van der Waals surface area contributed by atoms with E-state index < -0.39 is 17.6 Å². The van der Waals surface area contributed by atoms with E-state index >= 15 is 4.39 Å². The highest BCUT2D eigenvalue weighted by Gasteiger charge is 2.37. The number of aromatic nitrogens is 2. The van der Waals surface area contributed by atoms with Gasteiger partial charge in [0.1, 0.15) is 11.9 Å². The smallest absolute Gasteiger partial charge is 0.303 e. The van der Waals surface area contributed by atoms with Gasteiger partial charge >= 0.3 is 5.97 Å². The average Bonchev–Trinajstić information content (AvgIpc) is 3.36. The van der Waals surface area contributed by atoms with Crippen molar-refractivity contribution in [3.8, 4) is 17.6 Å². The maximum absolute atomic E-state index is 15.7. The molecule has 35 heavy (non-hydrogen) atoms. The Bertz CT molecular complexity index is 1230. The third-order valence-electron chi connectivity index (χ3n) is 6.68. The summed E-state index contributed by atoms with van der Waals surface area (Å²) in [5.74, 6) is 5.95. The van der Waals surface area contributed by atoms with Gasteiger partial charge in [-0.1, -0.05) is 17.5 Å². The molecule has 2 aromatic heterocycles. The third-order valence-corrected chi connectivity index (χ3v) is 7.67. The van der Waals surface area contributed by atoms with Crippen LogP contribution < -0.4 is 4.74 Å². The fourth-order valence-electron chi connectivity index (χ4n) is 4.72. The molecule has 184 valence electrons. The first kappa shape index (κ1) is 25.4. The summed E-state index contributed by atoms with van der Waals surface area (Å²) in [5.41, 5.74) is 0.568. The van der Waals surface area contributed by atoms with E-state index in [4.69, 9.17) is 16.3 Å². The van der Waals surface area contributed by atoms with Crippen molar-refractivity contribution in [3.05, 3.63) is 51.6 Å². The summed E-state index contributed by atoms with van der Waals surface area (Å²) in [7, 11) is 1.55. The second-order valence-corrected chi connectivity index (χ2v) is 10.2. The Morgan fingerprint density at radius 1 is 1.37 bits per heavy atom. The van der Waals surface area contributed by atoms with Crippen LogP contribution in [0.4, 0.5) is 4.39 Å². The molecule has 0 bridgehead atoms. The van der Waals surface area contributed by atoms with Gasteiger partial charge in [0, 0.05) is 28.7 Å². The fourth-order valence-corrected chi connectivity index (χ4v) is 5.50. The lowest BCUT2D eigenvalue weighted by molar-refractivity contribution is -0.141. The highest BCUT2D eigenvalue weighted by Crippen LogP contribution is 2.44. The molecule has 1 atom stereocenters. The van der Waals surface area contributed by atoms with Crippen LogP contribution in [-0.4, -0.2) is 52.7 Å². The SMILES string of the molecule is COc1ccc2ncc(Cl)c(C(F)CCC3(CC(=O)O)CCN(CC#Cc4nccs4)CC3)c2c1. The van der Waals surface area contributed by atoms with Crippen LogP contribution in [0.15, 0.2) is 36.0 Å².